The summed E-state index contributed by atoms with van der Waals surface area (Å²) < 4.78 is 8.53. The Hall–Kier alpha value is -4.13. The van der Waals surface area contributed by atoms with Gasteiger partial charge in [0.15, 0.2) is 0 Å². The van der Waals surface area contributed by atoms with E-state index in [9.17, 15) is 14.4 Å². The van der Waals surface area contributed by atoms with Crippen LogP contribution < -0.4 is 20.9 Å². The van der Waals surface area contributed by atoms with Gasteiger partial charge in [-0.05, 0) is 22.9 Å². The normalized spacial score (nSPS) is 18.5. The maximum Gasteiger partial charge on any atom is 0.333 e. The molecule has 7 heteroatoms. The van der Waals surface area contributed by atoms with E-state index >= 15 is 0 Å². The Kier molecular flexibility index (Phi) is 3.48. The molecule has 0 radical (unpaired) electrons. The smallest absolute Gasteiger partial charge is 0.333 e. The van der Waals surface area contributed by atoms with Gasteiger partial charge >= 0.3 is 5.69 Å². The highest BCUT2D eigenvalue weighted by molar-refractivity contribution is 6.16. The number of carbonyl (C=O) groups is 1. The molecule has 4 aromatic rings. The number of rotatable bonds is 0. The van der Waals surface area contributed by atoms with Crippen molar-refractivity contribution in [3.8, 4) is 11.6 Å². The Labute approximate surface area is 182 Å². The fourth-order valence-corrected chi connectivity index (χ4v) is 5.26. The summed E-state index contributed by atoms with van der Waals surface area (Å²) in [6.07, 6.45) is 0. The van der Waals surface area contributed by atoms with Crippen LogP contribution in [-0.4, -0.2) is 22.1 Å². The van der Waals surface area contributed by atoms with Crippen molar-refractivity contribution in [2.75, 3.05) is 11.9 Å². The van der Waals surface area contributed by atoms with Crippen LogP contribution in [0.4, 0.5) is 5.69 Å². The summed E-state index contributed by atoms with van der Waals surface area (Å²) in [6, 6.07) is 18.9. The fourth-order valence-electron chi connectivity index (χ4n) is 5.26. The van der Waals surface area contributed by atoms with Crippen LogP contribution in [0.25, 0.3) is 10.8 Å². The van der Waals surface area contributed by atoms with Crippen LogP contribution in [0.5, 0.6) is 11.6 Å². The average Bonchev–Trinajstić information content (AvgIpc) is 3.04. The molecule has 0 aliphatic carbocycles. The van der Waals surface area contributed by atoms with Gasteiger partial charge in [0.2, 0.25) is 11.8 Å². The van der Waals surface area contributed by atoms with Gasteiger partial charge in [-0.1, -0.05) is 48.5 Å². The summed E-state index contributed by atoms with van der Waals surface area (Å²) in [6.45, 7) is 0. The highest BCUT2D eigenvalue weighted by Crippen LogP contribution is 2.57. The third-order valence-corrected chi connectivity index (χ3v) is 6.75. The monoisotopic (exact) mass is 425 g/mol. The van der Waals surface area contributed by atoms with E-state index in [2.05, 4.69) is 0 Å². The molecule has 0 fully saturated rings. The first-order valence-electron chi connectivity index (χ1n) is 10.3. The minimum Gasteiger partial charge on any atom is -0.440 e. The Morgan fingerprint density at radius 1 is 0.781 bits per heavy atom. The molecule has 1 unspecified atom stereocenters. The topological polar surface area (TPSA) is 73.5 Å². The van der Waals surface area contributed by atoms with Gasteiger partial charge in [0.05, 0.1) is 0 Å². The lowest BCUT2D eigenvalue weighted by Gasteiger charge is -2.37. The zero-order valence-corrected chi connectivity index (χ0v) is 17.7. The Balaban J connectivity index is 1.93. The van der Waals surface area contributed by atoms with Crippen molar-refractivity contribution in [3.63, 3.8) is 0 Å². The van der Waals surface area contributed by atoms with Gasteiger partial charge in [-0.2, -0.15) is 0 Å². The van der Waals surface area contributed by atoms with Crippen LogP contribution in [0.15, 0.2) is 70.3 Å². The number of nitrogens with zero attached hydrogens (tertiary/aromatic N) is 3. The first kappa shape index (κ1) is 18.6. The molecule has 6 rings (SSSR count). The molecule has 2 aliphatic rings. The number of hydrogen-bond acceptors (Lipinski definition) is 4. The van der Waals surface area contributed by atoms with E-state index in [0.29, 0.717) is 16.9 Å². The standard InChI is InChI=1S/C25H19N3O4/c1-26-17-11-7-6-10-16(17)25(23(26)30)19-15-9-5-4-8-14(15)12-13-18(19)32-22-20(25)21(29)27(2)24(31)28(22)3/h4-13H,1-3H3. The van der Waals surface area contributed by atoms with Crippen LogP contribution in [0.1, 0.15) is 16.7 Å². The van der Waals surface area contributed by atoms with Crippen LogP contribution in [0.3, 0.4) is 0 Å². The molecule has 1 atom stereocenters. The van der Waals surface area contributed by atoms with Crippen molar-refractivity contribution >= 4 is 22.4 Å². The lowest BCUT2D eigenvalue weighted by atomic mass is 9.68. The van der Waals surface area contributed by atoms with Gasteiger partial charge in [-0.25, -0.2) is 4.79 Å². The fraction of sp³-hybridized carbons (Fsp3) is 0.160. The van der Waals surface area contributed by atoms with E-state index in [1.54, 1.807) is 25.1 Å². The Bertz CT molecular complexity index is 1610. The summed E-state index contributed by atoms with van der Waals surface area (Å²) in [5, 5.41) is 1.75. The highest BCUT2D eigenvalue weighted by Gasteiger charge is 2.59. The number of benzene rings is 3. The van der Waals surface area contributed by atoms with E-state index in [4.69, 9.17) is 4.74 Å². The zero-order valence-electron chi connectivity index (χ0n) is 17.7. The van der Waals surface area contributed by atoms with E-state index in [0.717, 1.165) is 21.0 Å². The molecule has 1 spiro atoms. The van der Waals surface area contributed by atoms with Crippen LogP contribution in [0, 0.1) is 0 Å². The minimum absolute atomic E-state index is 0.0966. The lowest BCUT2D eigenvalue weighted by molar-refractivity contribution is -0.120. The van der Waals surface area contributed by atoms with Crippen LogP contribution >= 0.6 is 0 Å². The second-order valence-electron chi connectivity index (χ2n) is 8.28. The van der Waals surface area contributed by atoms with E-state index in [1.165, 1.54) is 11.6 Å². The number of para-hydroxylation sites is 1. The number of carbonyl (C=O) groups excluding carboxylic acids is 1. The number of fused-ring (bicyclic) bond motifs is 8. The lowest BCUT2D eigenvalue weighted by Crippen LogP contribution is -2.51. The van der Waals surface area contributed by atoms with Gasteiger partial charge in [0, 0.05) is 38.0 Å². The molecule has 32 heavy (non-hydrogen) atoms. The summed E-state index contributed by atoms with van der Waals surface area (Å²) in [7, 11) is 4.68. The van der Waals surface area contributed by atoms with Crippen molar-refractivity contribution in [3.05, 3.63) is 98.2 Å². The molecule has 0 bridgehead atoms. The number of ether oxygens (including phenoxy) is 1. The van der Waals surface area contributed by atoms with Gasteiger partial charge in [-0.3, -0.25) is 18.7 Å². The van der Waals surface area contributed by atoms with Crippen molar-refractivity contribution in [2.45, 2.75) is 5.41 Å². The van der Waals surface area contributed by atoms with Gasteiger partial charge < -0.3 is 9.64 Å². The minimum atomic E-state index is -1.44. The summed E-state index contributed by atoms with van der Waals surface area (Å²) in [5.41, 5.74) is -0.283. The molecule has 1 aromatic heterocycles. The number of likely N-dealkylation sites (N-methyl/N-ethyl adjacent to an activating group) is 1. The molecule has 3 heterocycles. The molecule has 158 valence electrons. The predicted octanol–water partition coefficient (Wildman–Crippen LogP) is 2.65. The molecule has 7 nitrogen and oxygen atoms in total. The molecule has 0 saturated carbocycles. The molecule has 2 aliphatic heterocycles. The van der Waals surface area contributed by atoms with Gasteiger partial charge in [-0.15, -0.1) is 0 Å². The quantitative estimate of drug-likeness (QED) is 0.434. The average molecular weight is 425 g/mol. The number of anilines is 1. The third kappa shape index (κ3) is 1.94. The molecule has 0 saturated heterocycles. The second-order valence-corrected chi connectivity index (χ2v) is 8.28. The van der Waals surface area contributed by atoms with E-state index in [1.807, 2.05) is 54.6 Å². The highest BCUT2D eigenvalue weighted by atomic mass is 16.5. The molecular formula is C25H19N3O4. The summed E-state index contributed by atoms with van der Waals surface area (Å²) in [5.74, 6) is 0.300. The Morgan fingerprint density at radius 2 is 1.50 bits per heavy atom. The van der Waals surface area contributed by atoms with Gasteiger partial charge in [0.1, 0.15) is 16.7 Å². The SMILES string of the molecule is CN1C(=O)C2(c3ccccc31)c1c(n(C)c(=O)n(C)c1=O)Oc1ccc3ccccc3c12. The summed E-state index contributed by atoms with van der Waals surface area (Å²) >= 11 is 0. The first-order chi connectivity index (χ1) is 15.4. The van der Waals surface area contributed by atoms with Crippen molar-refractivity contribution in [1.82, 2.24) is 9.13 Å². The van der Waals surface area contributed by atoms with Crippen molar-refractivity contribution < 1.29 is 9.53 Å². The Morgan fingerprint density at radius 3 is 2.31 bits per heavy atom. The van der Waals surface area contributed by atoms with E-state index in [-0.39, 0.29) is 17.4 Å². The maximum absolute atomic E-state index is 14.2. The second kappa shape index (κ2) is 5.97. The van der Waals surface area contributed by atoms with Crippen molar-refractivity contribution in [1.29, 1.82) is 0 Å². The molecule has 0 N–H and O–H groups in total. The van der Waals surface area contributed by atoms with Crippen molar-refractivity contribution in [2.24, 2.45) is 14.1 Å². The maximum atomic E-state index is 14.2. The van der Waals surface area contributed by atoms with E-state index < -0.39 is 16.7 Å². The molecule has 1 amide bonds. The molecule has 3 aromatic carbocycles. The third-order valence-electron chi connectivity index (χ3n) is 6.75. The summed E-state index contributed by atoms with van der Waals surface area (Å²) in [4.78, 5) is 42.2. The van der Waals surface area contributed by atoms with Crippen LogP contribution in [-0.2, 0) is 24.3 Å². The molecular weight excluding hydrogens is 406 g/mol. The van der Waals surface area contributed by atoms with Gasteiger partial charge in [0.25, 0.3) is 5.56 Å². The predicted molar refractivity (Wildman–Crippen MR) is 121 cm³/mol. The van der Waals surface area contributed by atoms with Crippen LogP contribution in [0.2, 0.25) is 0 Å². The number of amides is 1. The largest absolute Gasteiger partial charge is 0.440 e. The number of aromatic nitrogens is 2. The first-order valence-corrected chi connectivity index (χ1v) is 10.3. The zero-order chi connectivity index (χ0) is 22.4. The number of hydrogen-bond donors (Lipinski definition) is 0.